The third-order valence-corrected chi connectivity index (χ3v) is 3.61. The number of aromatic nitrogens is 1. The Kier molecular flexibility index (Phi) is 5.75. The lowest BCUT2D eigenvalue weighted by Crippen LogP contribution is -2.25. The van der Waals surface area contributed by atoms with Crippen molar-refractivity contribution in [1.82, 2.24) is 10.3 Å². The minimum atomic E-state index is -0.0604. The standard InChI is InChI=1S/C16H20N2O2S/c1-12(2)6-7-17-16(19)13-4-3-5-15(8-13)20-9-14-10-21-11-18-14/h3-5,8,10-12H,6-7,9H2,1-2H3,(H,17,19). The monoisotopic (exact) mass is 304 g/mol. The molecule has 2 rings (SSSR count). The zero-order valence-corrected chi connectivity index (χ0v) is 13.2. The Balaban J connectivity index is 1.89. The number of ether oxygens (including phenoxy) is 1. The Bertz CT molecular complexity index is 567. The molecule has 0 saturated heterocycles. The molecule has 112 valence electrons. The van der Waals surface area contributed by atoms with Crippen LogP contribution in [0.15, 0.2) is 35.2 Å². The Morgan fingerprint density at radius 1 is 1.43 bits per heavy atom. The lowest BCUT2D eigenvalue weighted by Gasteiger charge is -2.09. The Morgan fingerprint density at radius 2 is 2.29 bits per heavy atom. The molecule has 2 aromatic rings. The van der Waals surface area contributed by atoms with Gasteiger partial charge in [-0.25, -0.2) is 4.98 Å². The fourth-order valence-electron chi connectivity index (χ4n) is 1.77. The number of benzene rings is 1. The van der Waals surface area contributed by atoms with E-state index < -0.39 is 0 Å². The quantitative estimate of drug-likeness (QED) is 0.852. The number of carbonyl (C=O) groups excluding carboxylic acids is 1. The van der Waals surface area contributed by atoms with Crippen molar-refractivity contribution in [2.24, 2.45) is 5.92 Å². The largest absolute Gasteiger partial charge is 0.487 e. The average Bonchev–Trinajstić information content (AvgIpc) is 2.98. The van der Waals surface area contributed by atoms with Gasteiger partial charge in [0.15, 0.2) is 0 Å². The highest BCUT2D eigenvalue weighted by Gasteiger charge is 2.07. The van der Waals surface area contributed by atoms with Gasteiger partial charge in [0.25, 0.3) is 5.91 Å². The van der Waals surface area contributed by atoms with E-state index in [2.05, 4.69) is 24.1 Å². The van der Waals surface area contributed by atoms with Crippen LogP contribution in [0.2, 0.25) is 0 Å². The highest BCUT2D eigenvalue weighted by molar-refractivity contribution is 7.07. The van der Waals surface area contributed by atoms with E-state index >= 15 is 0 Å². The minimum absolute atomic E-state index is 0.0604. The zero-order valence-electron chi connectivity index (χ0n) is 12.3. The fourth-order valence-corrected chi connectivity index (χ4v) is 2.31. The molecule has 0 unspecified atom stereocenters. The average molecular weight is 304 g/mol. The van der Waals surface area contributed by atoms with Gasteiger partial charge in [-0.1, -0.05) is 19.9 Å². The van der Waals surface area contributed by atoms with Gasteiger partial charge in [-0.3, -0.25) is 4.79 Å². The minimum Gasteiger partial charge on any atom is -0.487 e. The summed E-state index contributed by atoms with van der Waals surface area (Å²) in [5, 5.41) is 4.87. The maximum Gasteiger partial charge on any atom is 0.251 e. The second-order valence-corrected chi connectivity index (χ2v) is 5.95. The Labute approximate surface area is 129 Å². The van der Waals surface area contributed by atoms with Crippen LogP contribution in [0.4, 0.5) is 0 Å². The molecule has 21 heavy (non-hydrogen) atoms. The summed E-state index contributed by atoms with van der Waals surface area (Å²) in [5.41, 5.74) is 3.29. The summed E-state index contributed by atoms with van der Waals surface area (Å²) in [4.78, 5) is 16.2. The summed E-state index contributed by atoms with van der Waals surface area (Å²) in [6, 6.07) is 7.22. The van der Waals surface area contributed by atoms with Crippen molar-refractivity contribution in [3.05, 3.63) is 46.4 Å². The molecular weight excluding hydrogens is 284 g/mol. The molecule has 0 aliphatic rings. The van der Waals surface area contributed by atoms with Gasteiger partial charge in [-0.2, -0.15) is 0 Å². The van der Waals surface area contributed by atoms with Crippen LogP contribution in [0, 0.1) is 5.92 Å². The molecule has 0 aliphatic carbocycles. The SMILES string of the molecule is CC(C)CCNC(=O)c1cccc(OCc2cscn2)c1. The van der Waals surface area contributed by atoms with Gasteiger partial charge in [0.2, 0.25) is 0 Å². The smallest absolute Gasteiger partial charge is 0.251 e. The third-order valence-electron chi connectivity index (χ3n) is 2.97. The van der Waals surface area contributed by atoms with Gasteiger partial charge in [0, 0.05) is 17.5 Å². The molecule has 4 nitrogen and oxygen atoms in total. The van der Waals surface area contributed by atoms with Crippen LogP contribution < -0.4 is 10.1 Å². The van der Waals surface area contributed by atoms with Crippen LogP contribution in [0.3, 0.4) is 0 Å². The highest BCUT2D eigenvalue weighted by Crippen LogP contribution is 2.15. The number of rotatable bonds is 7. The number of hydrogen-bond donors (Lipinski definition) is 1. The van der Waals surface area contributed by atoms with E-state index in [1.807, 2.05) is 17.5 Å². The maximum atomic E-state index is 12.0. The Hall–Kier alpha value is -1.88. The van der Waals surface area contributed by atoms with Gasteiger partial charge in [-0.05, 0) is 30.5 Å². The molecule has 0 fully saturated rings. The van der Waals surface area contributed by atoms with Gasteiger partial charge < -0.3 is 10.1 Å². The molecule has 0 spiro atoms. The molecule has 0 atom stereocenters. The molecular formula is C16H20N2O2S. The van der Waals surface area contributed by atoms with Crippen molar-refractivity contribution in [2.75, 3.05) is 6.54 Å². The second kappa shape index (κ2) is 7.78. The van der Waals surface area contributed by atoms with Crippen LogP contribution in [0.5, 0.6) is 5.75 Å². The number of amides is 1. The first-order valence-electron chi connectivity index (χ1n) is 7.03. The number of nitrogens with one attached hydrogen (secondary N) is 1. The molecule has 1 amide bonds. The molecule has 1 aromatic heterocycles. The molecule has 0 saturated carbocycles. The summed E-state index contributed by atoms with van der Waals surface area (Å²) in [6.45, 7) is 5.39. The summed E-state index contributed by atoms with van der Waals surface area (Å²) in [7, 11) is 0. The first-order valence-corrected chi connectivity index (χ1v) is 7.97. The fraction of sp³-hybridized carbons (Fsp3) is 0.375. The van der Waals surface area contributed by atoms with Crippen molar-refractivity contribution in [2.45, 2.75) is 26.9 Å². The number of thiazole rings is 1. The third kappa shape index (κ3) is 5.19. The van der Waals surface area contributed by atoms with E-state index in [0.29, 0.717) is 30.4 Å². The summed E-state index contributed by atoms with van der Waals surface area (Å²) < 4.78 is 5.65. The summed E-state index contributed by atoms with van der Waals surface area (Å²) in [5.74, 6) is 1.20. The number of carbonyl (C=O) groups is 1. The predicted molar refractivity (Wildman–Crippen MR) is 84.7 cm³/mol. The van der Waals surface area contributed by atoms with E-state index in [4.69, 9.17) is 4.74 Å². The van der Waals surface area contributed by atoms with Gasteiger partial charge in [0.05, 0.1) is 11.2 Å². The lowest BCUT2D eigenvalue weighted by molar-refractivity contribution is 0.0951. The first-order chi connectivity index (χ1) is 10.1. The van der Waals surface area contributed by atoms with E-state index in [0.717, 1.165) is 12.1 Å². The topological polar surface area (TPSA) is 51.2 Å². The van der Waals surface area contributed by atoms with Crippen molar-refractivity contribution < 1.29 is 9.53 Å². The normalized spacial score (nSPS) is 10.6. The summed E-state index contributed by atoms with van der Waals surface area (Å²) in [6.07, 6.45) is 0.978. The van der Waals surface area contributed by atoms with Crippen LogP contribution in [-0.2, 0) is 6.61 Å². The molecule has 5 heteroatoms. The van der Waals surface area contributed by atoms with Crippen molar-refractivity contribution in [3.63, 3.8) is 0 Å². The van der Waals surface area contributed by atoms with Crippen molar-refractivity contribution >= 4 is 17.2 Å². The number of nitrogens with zero attached hydrogens (tertiary/aromatic N) is 1. The van der Waals surface area contributed by atoms with Crippen LogP contribution in [0.25, 0.3) is 0 Å². The highest BCUT2D eigenvalue weighted by atomic mass is 32.1. The van der Waals surface area contributed by atoms with Crippen LogP contribution >= 0.6 is 11.3 Å². The van der Waals surface area contributed by atoms with Crippen LogP contribution in [-0.4, -0.2) is 17.4 Å². The van der Waals surface area contributed by atoms with Crippen molar-refractivity contribution in [1.29, 1.82) is 0 Å². The van der Waals surface area contributed by atoms with E-state index in [1.165, 1.54) is 11.3 Å². The molecule has 1 N–H and O–H groups in total. The van der Waals surface area contributed by atoms with Gasteiger partial charge in [0.1, 0.15) is 12.4 Å². The maximum absolute atomic E-state index is 12.0. The van der Waals surface area contributed by atoms with Crippen molar-refractivity contribution in [3.8, 4) is 5.75 Å². The molecule has 0 bridgehead atoms. The van der Waals surface area contributed by atoms with Gasteiger partial charge in [-0.15, -0.1) is 11.3 Å². The molecule has 0 aliphatic heterocycles. The number of hydrogen-bond acceptors (Lipinski definition) is 4. The lowest BCUT2D eigenvalue weighted by atomic mass is 10.1. The summed E-state index contributed by atoms with van der Waals surface area (Å²) >= 11 is 1.54. The van der Waals surface area contributed by atoms with E-state index in [1.54, 1.807) is 17.6 Å². The van der Waals surface area contributed by atoms with Crippen LogP contribution in [0.1, 0.15) is 36.3 Å². The van der Waals surface area contributed by atoms with E-state index in [9.17, 15) is 4.79 Å². The second-order valence-electron chi connectivity index (χ2n) is 5.23. The predicted octanol–water partition coefficient (Wildman–Crippen LogP) is 3.50. The first kappa shape index (κ1) is 15.5. The molecule has 1 aromatic carbocycles. The molecule has 1 heterocycles. The Morgan fingerprint density at radius 3 is 3.00 bits per heavy atom. The van der Waals surface area contributed by atoms with E-state index in [-0.39, 0.29) is 5.91 Å². The van der Waals surface area contributed by atoms with Gasteiger partial charge >= 0.3 is 0 Å². The molecule has 0 radical (unpaired) electrons. The zero-order chi connectivity index (χ0) is 15.1.